The molecule has 0 spiro atoms. The van der Waals surface area contributed by atoms with Crippen molar-refractivity contribution in [3.63, 3.8) is 0 Å². The largest absolute Gasteiger partial charge is 0.333 e. The zero-order valence-electron chi connectivity index (χ0n) is 9.61. The quantitative estimate of drug-likeness (QED) is 0.779. The highest BCUT2D eigenvalue weighted by Gasteiger charge is 2.35. The Morgan fingerprint density at radius 1 is 1.38 bits per heavy atom. The number of nitrogens with zero attached hydrogens (tertiary/aromatic N) is 1. The van der Waals surface area contributed by atoms with Crippen molar-refractivity contribution in [2.75, 3.05) is 0 Å². The first-order valence-electron chi connectivity index (χ1n) is 5.68. The Bertz CT molecular complexity index is 397. The molecule has 0 N–H and O–H groups in total. The van der Waals surface area contributed by atoms with Gasteiger partial charge < -0.3 is 4.90 Å². The lowest BCUT2D eigenvalue weighted by atomic mass is 10.1. The van der Waals surface area contributed by atoms with Crippen LogP contribution in [-0.2, 0) is 0 Å². The first-order chi connectivity index (χ1) is 7.61. The molecule has 0 unspecified atom stereocenters. The molecule has 2 rings (SSSR count). The fourth-order valence-electron chi connectivity index (χ4n) is 1.95. The van der Waals surface area contributed by atoms with E-state index in [1.54, 1.807) is 0 Å². The van der Waals surface area contributed by atoms with Crippen LogP contribution in [0.1, 0.15) is 37.0 Å². The minimum atomic E-state index is 0.183. The highest BCUT2D eigenvalue weighted by atomic mass is 127. The van der Waals surface area contributed by atoms with Crippen LogP contribution in [0.25, 0.3) is 0 Å². The molecule has 0 radical (unpaired) electrons. The Balaban J connectivity index is 2.26. The summed E-state index contributed by atoms with van der Waals surface area (Å²) in [6.07, 6.45) is 2.32. The minimum Gasteiger partial charge on any atom is -0.333 e. The van der Waals surface area contributed by atoms with E-state index in [0.29, 0.717) is 6.04 Å². The number of hydrogen-bond acceptors (Lipinski definition) is 1. The molecule has 0 aromatic heterocycles. The standard InChI is InChI=1S/C13H16INO/c1-9(2)15(10-7-8-10)13(16)11-5-3-4-6-12(11)14/h3-6,9-10H,7-8H2,1-2H3. The average Bonchev–Trinajstić information content (AvgIpc) is 3.02. The molecule has 1 amide bonds. The maximum absolute atomic E-state index is 12.4. The Hall–Kier alpha value is -0.580. The summed E-state index contributed by atoms with van der Waals surface area (Å²) in [5.41, 5.74) is 0.837. The molecule has 0 saturated heterocycles. The third kappa shape index (κ3) is 2.39. The molecule has 16 heavy (non-hydrogen) atoms. The molecule has 1 aliphatic carbocycles. The first-order valence-corrected chi connectivity index (χ1v) is 6.76. The van der Waals surface area contributed by atoms with Gasteiger partial charge in [0.05, 0.1) is 5.56 Å². The normalized spacial score (nSPS) is 15.2. The summed E-state index contributed by atoms with van der Waals surface area (Å²) in [7, 11) is 0. The predicted molar refractivity (Wildman–Crippen MR) is 73.5 cm³/mol. The third-order valence-electron chi connectivity index (χ3n) is 2.84. The third-order valence-corrected chi connectivity index (χ3v) is 3.78. The van der Waals surface area contributed by atoms with E-state index < -0.39 is 0 Å². The van der Waals surface area contributed by atoms with Gasteiger partial charge in [-0.1, -0.05) is 12.1 Å². The van der Waals surface area contributed by atoms with Gasteiger partial charge in [-0.25, -0.2) is 0 Å². The van der Waals surface area contributed by atoms with Crippen molar-refractivity contribution in [1.82, 2.24) is 4.90 Å². The number of hydrogen-bond donors (Lipinski definition) is 0. The second kappa shape index (κ2) is 4.73. The van der Waals surface area contributed by atoms with Crippen LogP contribution in [0, 0.1) is 3.57 Å². The van der Waals surface area contributed by atoms with Crippen LogP contribution in [0.5, 0.6) is 0 Å². The van der Waals surface area contributed by atoms with E-state index in [2.05, 4.69) is 36.4 Å². The van der Waals surface area contributed by atoms with Gasteiger partial charge in [-0.2, -0.15) is 0 Å². The van der Waals surface area contributed by atoms with Crippen LogP contribution in [-0.4, -0.2) is 22.9 Å². The summed E-state index contributed by atoms with van der Waals surface area (Å²) < 4.78 is 1.04. The van der Waals surface area contributed by atoms with E-state index in [9.17, 15) is 4.79 Å². The maximum atomic E-state index is 12.4. The summed E-state index contributed by atoms with van der Waals surface area (Å²) in [6, 6.07) is 8.57. The smallest absolute Gasteiger partial charge is 0.255 e. The van der Waals surface area contributed by atoms with Crippen molar-refractivity contribution in [3.8, 4) is 0 Å². The Morgan fingerprint density at radius 2 is 2.00 bits per heavy atom. The van der Waals surface area contributed by atoms with Gasteiger partial charge in [-0.05, 0) is 61.4 Å². The van der Waals surface area contributed by atoms with Gasteiger partial charge in [0.15, 0.2) is 0 Å². The van der Waals surface area contributed by atoms with Crippen molar-refractivity contribution in [1.29, 1.82) is 0 Å². The van der Waals surface area contributed by atoms with Crippen molar-refractivity contribution in [2.45, 2.75) is 38.8 Å². The highest BCUT2D eigenvalue weighted by molar-refractivity contribution is 14.1. The van der Waals surface area contributed by atoms with Gasteiger partial charge in [-0.15, -0.1) is 0 Å². The van der Waals surface area contributed by atoms with E-state index >= 15 is 0 Å². The van der Waals surface area contributed by atoms with Gasteiger partial charge in [0.25, 0.3) is 5.91 Å². The zero-order valence-corrected chi connectivity index (χ0v) is 11.8. The summed E-state index contributed by atoms with van der Waals surface area (Å²) in [4.78, 5) is 14.4. The lowest BCUT2D eigenvalue weighted by molar-refractivity contribution is 0.0689. The van der Waals surface area contributed by atoms with Crippen LogP contribution in [0.2, 0.25) is 0 Å². The van der Waals surface area contributed by atoms with Crippen molar-refractivity contribution < 1.29 is 4.79 Å². The Kier molecular flexibility index (Phi) is 3.52. The number of amides is 1. The van der Waals surface area contributed by atoms with Crippen molar-refractivity contribution >= 4 is 28.5 Å². The van der Waals surface area contributed by atoms with Crippen LogP contribution in [0.4, 0.5) is 0 Å². The van der Waals surface area contributed by atoms with E-state index in [-0.39, 0.29) is 11.9 Å². The van der Waals surface area contributed by atoms with Crippen LogP contribution in [0.15, 0.2) is 24.3 Å². The van der Waals surface area contributed by atoms with Crippen LogP contribution in [0.3, 0.4) is 0 Å². The number of carbonyl (C=O) groups is 1. The number of halogens is 1. The number of carbonyl (C=O) groups excluding carboxylic acids is 1. The molecule has 1 aliphatic rings. The van der Waals surface area contributed by atoms with Gasteiger partial charge in [0.2, 0.25) is 0 Å². The molecule has 1 aromatic rings. The molecule has 3 heteroatoms. The van der Waals surface area contributed by atoms with Crippen molar-refractivity contribution in [2.24, 2.45) is 0 Å². The molecule has 2 nitrogen and oxygen atoms in total. The molecule has 0 aliphatic heterocycles. The Morgan fingerprint density at radius 3 is 2.50 bits per heavy atom. The summed E-state index contributed by atoms with van der Waals surface area (Å²) in [6.45, 7) is 4.18. The maximum Gasteiger partial charge on any atom is 0.255 e. The lowest BCUT2D eigenvalue weighted by Gasteiger charge is -2.27. The Labute approximate surface area is 110 Å². The molecule has 86 valence electrons. The van der Waals surface area contributed by atoms with Gasteiger partial charge in [0.1, 0.15) is 0 Å². The summed E-state index contributed by atoms with van der Waals surface area (Å²) in [5.74, 6) is 0.183. The molecule has 0 atom stereocenters. The second-order valence-corrected chi connectivity index (χ2v) is 5.68. The molecule has 0 bridgehead atoms. The van der Waals surface area contributed by atoms with Crippen LogP contribution >= 0.6 is 22.6 Å². The van der Waals surface area contributed by atoms with Gasteiger partial charge in [0, 0.05) is 15.7 Å². The first kappa shape index (κ1) is 11.9. The summed E-state index contributed by atoms with van der Waals surface area (Å²) >= 11 is 2.23. The second-order valence-electron chi connectivity index (χ2n) is 4.52. The monoisotopic (exact) mass is 329 g/mol. The number of benzene rings is 1. The average molecular weight is 329 g/mol. The van der Waals surface area contributed by atoms with Gasteiger partial charge >= 0.3 is 0 Å². The molecule has 0 heterocycles. The molecular formula is C13H16INO. The molecule has 1 aromatic carbocycles. The highest BCUT2D eigenvalue weighted by Crippen LogP contribution is 2.30. The summed E-state index contributed by atoms with van der Waals surface area (Å²) in [5, 5.41) is 0. The zero-order chi connectivity index (χ0) is 11.7. The van der Waals surface area contributed by atoms with E-state index in [1.807, 2.05) is 29.2 Å². The van der Waals surface area contributed by atoms with Crippen molar-refractivity contribution in [3.05, 3.63) is 33.4 Å². The fourth-order valence-corrected chi connectivity index (χ4v) is 2.57. The predicted octanol–water partition coefficient (Wildman–Crippen LogP) is 3.30. The van der Waals surface area contributed by atoms with Gasteiger partial charge in [-0.3, -0.25) is 4.79 Å². The van der Waals surface area contributed by atoms with E-state index in [4.69, 9.17) is 0 Å². The van der Waals surface area contributed by atoms with E-state index in [0.717, 1.165) is 22.0 Å². The van der Waals surface area contributed by atoms with E-state index in [1.165, 1.54) is 0 Å². The molecule has 1 fully saturated rings. The van der Waals surface area contributed by atoms with Crippen LogP contribution < -0.4 is 0 Å². The fraction of sp³-hybridized carbons (Fsp3) is 0.462. The molecular weight excluding hydrogens is 313 g/mol. The number of rotatable bonds is 3. The topological polar surface area (TPSA) is 20.3 Å². The lowest BCUT2D eigenvalue weighted by Crippen LogP contribution is -2.39. The molecule has 1 saturated carbocycles. The minimum absolute atomic E-state index is 0.183. The SMILES string of the molecule is CC(C)N(C(=O)c1ccccc1I)C1CC1.